The Labute approximate surface area is 126 Å². The maximum atomic E-state index is 12.7. The number of hydrogen-bond donors (Lipinski definition) is 1. The topological polar surface area (TPSA) is 46.3 Å². The lowest BCUT2D eigenvalue weighted by atomic mass is 9.96. The molecule has 20 heavy (non-hydrogen) atoms. The van der Waals surface area contributed by atoms with Gasteiger partial charge in [0.1, 0.15) is 0 Å². The number of hydrogen-bond acceptors (Lipinski definition) is 2. The van der Waals surface area contributed by atoms with Gasteiger partial charge in [0.15, 0.2) is 0 Å². The molecule has 2 rings (SSSR count). The average Bonchev–Trinajstić information content (AvgIpc) is 2.42. The Balaban J connectivity index is 2.30. The smallest absolute Gasteiger partial charge is 0.236 e. The average molecular weight is 290 g/mol. The van der Waals surface area contributed by atoms with Gasteiger partial charge in [-0.1, -0.05) is 43.3 Å². The van der Waals surface area contributed by atoms with Crippen molar-refractivity contribution < 1.29 is 4.79 Å². The van der Waals surface area contributed by atoms with Crippen LogP contribution in [-0.2, 0) is 11.2 Å². The van der Waals surface area contributed by atoms with E-state index < -0.39 is 0 Å². The Hall–Kier alpha value is -1.42. The van der Waals surface area contributed by atoms with Crippen LogP contribution in [0.2, 0.25) is 0 Å². The van der Waals surface area contributed by atoms with Crippen molar-refractivity contribution in [3.63, 3.8) is 0 Å². The third kappa shape index (κ3) is 3.01. The summed E-state index contributed by atoms with van der Waals surface area (Å²) < 4.78 is 0. The van der Waals surface area contributed by atoms with Crippen LogP contribution in [0.3, 0.4) is 0 Å². The first-order chi connectivity index (χ1) is 9.54. The minimum atomic E-state index is -0.331. The summed E-state index contributed by atoms with van der Waals surface area (Å²) in [5.74, 6) is -0.272. The van der Waals surface area contributed by atoms with Gasteiger partial charge in [0.05, 0.1) is 10.9 Å². The standard InChI is InChI=1S/C16H22N2OS/c1-3-5-13(15(17)20)16(19)18-9-4-6-12-10-11(2)7-8-14(12)18/h7-8,10,13H,3-6,9H2,1-2H3,(H2,17,20). The molecular weight excluding hydrogens is 268 g/mol. The molecule has 0 bridgehead atoms. The van der Waals surface area contributed by atoms with Crippen LogP contribution < -0.4 is 10.6 Å². The van der Waals surface area contributed by atoms with E-state index in [0.29, 0.717) is 4.99 Å². The van der Waals surface area contributed by atoms with Crippen molar-refractivity contribution in [1.29, 1.82) is 0 Å². The fourth-order valence-corrected chi connectivity index (χ4v) is 3.04. The van der Waals surface area contributed by atoms with Crippen molar-refractivity contribution >= 4 is 28.8 Å². The van der Waals surface area contributed by atoms with Crippen molar-refractivity contribution in [2.24, 2.45) is 11.7 Å². The predicted octanol–water partition coefficient (Wildman–Crippen LogP) is 2.98. The van der Waals surface area contributed by atoms with Crippen LogP contribution >= 0.6 is 12.2 Å². The molecule has 1 heterocycles. The number of anilines is 1. The Kier molecular flexibility index (Phi) is 4.76. The van der Waals surface area contributed by atoms with Crippen LogP contribution in [0.15, 0.2) is 18.2 Å². The van der Waals surface area contributed by atoms with Gasteiger partial charge >= 0.3 is 0 Å². The van der Waals surface area contributed by atoms with Crippen molar-refractivity contribution in [1.82, 2.24) is 0 Å². The summed E-state index contributed by atoms with van der Waals surface area (Å²) in [6.45, 7) is 4.89. The second kappa shape index (κ2) is 6.35. The lowest BCUT2D eigenvalue weighted by molar-refractivity contribution is -0.120. The first kappa shape index (κ1) is 15.0. The van der Waals surface area contributed by atoms with Gasteiger partial charge in [0.2, 0.25) is 5.91 Å². The van der Waals surface area contributed by atoms with Crippen molar-refractivity contribution in [2.45, 2.75) is 39.5 Å². The van der Waals surface area contributed by atoms with E-state index >= 15 is 0 Å². The number of rotatable bonds is 4. The van der Waals surface area contributed by atoms with Gasteiger partial charge in [-0.15, -0.1) is 0 Å². The summed E-state index contributed by atoms with van der Waals surface area (Å²) >= 11 is 5.08. The monoisotopic (exact) mass is 290 g/mol. The fourth-order valence-electron chi connectivity index (χ4n) is 2.82. The molecule has 0 saturated heterocycles. The van der Waals surface area contributed by atoms with Gasteiger partial charge in [0, 0.05) is 12.2 Å². The maximum Gasteiger partial charge on any atom is 0.236 e. The molecule has 0 saturated carbocycles. The zero-order chi connectivity index (χ0) is 14.7. The van der Waals surface area contributed by atoms with Crippen LogP contribution in [0, 0.1) is 12.8 Å². The second-order valence-corrected chi connectivity index (χ2v) is 5.94. The number of amides is 1. The third-order valence-electron chi connectivity index (χ3n) is 3.84. The normalized spacial score (nSPS) is 15.6. The molecule has 2 N–H and O–H groups in total. The molecule has 0 radical (unpaired) electrons. The second-order valence-electron chi connectivity index (χ2n) is 5.47. The molecule has 1 amide bonds. The highest BCUT2D eigenvalue weighted by Gasteiger charge is 2.29. The number of thiocarbonyl (C=S) groups is 1. The number of fused-ring (bicyclic) bond motifs is 1. The lowest BCUT2D eigenvalue weighted by Gasteiger charge is -2.32. The van der Waals surface area contributed by atoms with Gasteiger partial charge in [0.25, 0.3) is 0 Å². The predicted molar refractivity (Wildman–Crippen MR) is 87.0 cm³/mol. The minimum absolute atomic E-state index is 0.0594. The fraction of sp³-hybridized carbons (Fsp3) is 0.500. The summed E-state index contributed by atoms with van der Waals surface area (Å²) in [7, 11) is 0. The van der Waals surface area contributed by atoms with E-state index in [1.165, 1.54) is 11.1 Å². The molecule has 1 aliphatic heterocycles. The molecule has 1 aromatic rings. The molecule has 1 unspecified atom stereocenters. The van der Waals surface area contributed by atoms with Crippen LogP contribution in [0.1, 0.15) is 37.3 Å². The highest BCUT2D eigenvalue weighted by atomic mass is 32.1. The van der Waals surface area contributed by atoms with Crippen LogP contribution in [0.5, 0.6) is 0 Å². The first-order valence-corrected chi connectivity index (χ1v) is 7.65. The van der Waals surface area contributed by atoms with E-state index in [9.17, 15) is 4.79 Å². The summed E-state index contributed by atoms with van der Waals surface area (Å²) in [6.07, 6.45) is 3.67. The van der Waals surface area contributed by atoms with Gasteiger partial charge in [-0.2, -0.15) is 0 Å². The molecule has 0 aliphatic carbocycles. The molecule has 1 aliphatic rings. The van der Waals surface area contributed by atoms with Crippen LogP contribution in [0.25, 0.3) is 0 Å². The van der Waals surface area contributed by atoms with E-state index in [0.717, 1.165) is 37.9 Å². The van der Waals surface area contributed by atoms with Gasteiger partial charge in [-0.3, -0.25) is 4.79 Å². The quantitative estimate of drug-likeness (QED) is 0.867. The SMILES string of the molecule is CCCC(C(=O)N1CCCc2cc(C)ccc21)C(N)=S. The number of nitrogens with two attached hydrogens (primary N) is 1. The van der Waals surface area contributed by atoms with Crippen molar-refractivity contribution in [3.8, 4) is 0 Å². The summed E-state index contributed by atoms with van der Waals surface area (Å²) in [4.78, 5) is 14.9. The molecule has 0 aromatic heterocycles. The minimum Gasteiger partial charge on any atom is -0.393 e. The third-order valence-corrected chi connectivity index (χ3v) is 4.12. The maximum absolute atomic E-state index is 12.7. The molecule has 3 nitrogen and oxygen atoms in total. The molecule has 4 heteroatoms. The molecule has 1 atom stereocenters. The van der Waals surface area contributed by atoms with E-state index in [2.05, 4.69) is 19.1 Å². The van der Waals surface area contributed by atoms with Crippen molar-refractivity contribution in [3.05, 3.63) is 29.3 Å². The number of carbonyl (C=O) groups is 1. The van der Waals surface area contributed by atoms with Gasteiger partial charge in [-0.05, 0) is 37.8 Å². The first-order valence-electron chi connectivity index (χ1n) is 7.24. The lowest BCUT2D eigenvalue weighted by Crippen LogP contribution is -2.43. The van der Waals surface area contributed by atoms with Crippen molar-refractivity contribution in [2.75, 3.05) is 11.4 Å². The van der Waals surface area contributed by atoms with E-state index in [1.54, 1.807) is 0 Å². The number of nitrogens with zero attached hydrogens (tertiary/aromatic N) is 1. The Morgan fingerprint density at radius 2 is 2.25 bits per heavy atom. The summed E-state index contributed by atoms with van der Waals surface area (Å²) in [5.41, 5.74) is 9.28. The highest BCUT2D eigenvalue weighted by Crippen LogP contribution is 2.29. The number of aryl methyl sites for hydroxylation is 2. The zero-order valence-corrected chi connectivity index (χ0v) is 13.0. The number of carbonyl (C=O) groups excluding carboxylic acids is 1. The van der Waals surface area contributed by atoms with E-state index in [4.69, 9.17) is 18.0 Å². The van der Waals surface area contributed by atoms with E-state index in [-0.39, 0.29) is 11.8 Å². The zero-order valence-electron chi connectivity index (χ0n) is 12.2. The van der Waals surface area contributed by atoms with Crippen LogP contribution in [0.4, 0.5) is 5.69 Å². The van der Waals surface area contributed by atoms with Crippen LogP contribution in [-0.4, -0.2) is 17.4 Å². The van der Waals surface area contributed by atoms with Gasteiger partial charge in [-0.25, -0.2) is 0 Å². The van der Waals surface area contributed by atoms with E-state index in [1.807, 2.05) is 17.9 Å². The molecule has 1 aromatic carbocycles. The number of benzene rings is 1. The van der Waals surface area contributed by atoms with Gasteiger partial charge < -0.3 is 10.6 Å². The molecule has 0 fully saturated rings. The Bertz CT molecular complexity index is 527. The molecule has 108 valence electrons. The molecule has 0 spiro atoms. The largest absolute Gasteiger partial charge is 0.393 e. The Morgan fingerprint density at radius 3 is 2.90 bits per heavy atom. The Morgan fingerprint density at radius 1 is 1.50 bits per heavy atom. The summed E-state index contributed by atoms with van der Waals surface area (Å²) in [6, 6.07) is 6.27. The highest BCUT2D eigenvalue weighted by molar-refractivity contribution is 7.80. The summed E-state index contributed by atoms with van der Waals surface area (Å²) in [5, 5.41) is 0. The molecular formula is C16H22N2OS.